The van der Waals surface area contributed by atoms with E-state index in [1.807, 2.05) is 43.5 Å². The van der Waals surface area contributed by atoms with Crippen LogP contribution in [0.3, 0.4) is 0 Å². The molecule has 9 nitrogen and oxygen atoms in total. The zero-order valence-electron chi connectivity index (χ0n) is 21.0. The highest BCUT2D eigenvalue weighted by Gasteiger charge is 2.52. The van der Waals surface area contributed by atoms with E-state index in [4.69, 9.17) is 10.5 Å². The van der Waals surface area contributed by atoms with E-state index in [2.05, 4.69) is 50.3 Å². The van der Waals surface area contributed by atoms with Gasteiger partial charge in [-0.15, -0.1) is 0 Å². The molecule has 0 radical (unpaired) electrons. The van der Waals surface area contributed by atoms with Crippen molar-refractivity contribution in [2.75, 3.05) is 48.3 Å². The number of pyridine rings is 2. The summed E-state index contributed by atoms with van der Waals surface area (Å²) in [5, 5.41) is 6.49. The van der Waals surface area contributed by atoms with Gasteiger partial charge in [0, 0.05) is 49.9 Å². The number of hydrogen-bond donors (Lipinski definition) is 3. The van der Waals surface area contributed by atoms with E-state index in [0.29, 0.717) is 41.1 Å². The maximum absolute atomic E-state index is 12.0. The molecule has 0 saturated carbocycles. The maximum Gasteiger partial charge on any atom is 0.252 e. The summed E-state index contributed by atoms with van der Waals surface area (Å²) in [5.41, 5.74) is 8.73. The summed E-state index contributed by atoms with van der Waals surface area (Å²) < 4.78 is 5.69. The molecular weight excluding hydrogens is 454 g/mol. The van der Waals surface area contributed by atoms with E-state index >= 15 is 0 Å². The Morgan fingerprint density at radius 1 is 1.03 bits per heavy atom. The number of benzene rings is 1. The van der Waals surface area contributed by atoms with Crippen LogP contribution in [0.2, 0.25) is 0 Å². The lowest BCUT2D eigenvalue weighted by Gasteiger charge is -2.62. The number of hydrogen-bond acceptors (Lipinski definition) is 8. The number of amides is 1. The molecular formula is C27H33N7O2. The van der Waals surface area contributed by atoms with Crippen LogP contribution >= 0.6 is 0 Å². The molecule has 5 rings (SSSR count). The summed E-state index contributed by atoms with van der Waals surface area (Å²) in [7, 11) is 0. The first kappa shape index (κ1) is 23.9. The Morgan fingerprint density at radius 2 is 1.78 bits per heavy atom. The van der Waals surface area contributed by atoms with E-state index in [9.17, 15) is 4.79 Å². The minimum Gasteiger partial charge on any atom is -0.492 e. The summed E-state index contributed by atoms with van der Waals surface area (Å²) in [6.45, 7) is 11.5. The lowest BCUT2D eigenvalue weighted by Crippen LogP contribution is -2.73. The first-order valence-corrected chi connectivity index (χ1v) is 12.4. The molecule has 36 heavy (non-hydrogen) atoms. The van der Waals surface area contributed by atoms with Crippen molar-refractivity contribution in [3.63, 3.8) is 0 Å². The molecule has 1 spiro atoms. The lowest BCUT2D eigenvalue weighted by atomic mass is 9.72. The van der Waals surface area contributed by atoms with Crippen LogP contribution in [0.4, 0.5) is 28.7 Å². The standard InChI is InChI=1S/C27H33N7O2/c1-4-36-23-8-6-5-7-21(23)31-22-11-25(30-13-20(22)26(28)35)32-24-10-9-19(12-29-24)34-16-27(17-34)14-33(15-27)18(2)3/h5-13,18H,4,14-17H2,1-3H3,(H2,28,35)(H2,29,30,31,32). The minimum absolute atomic E-state index is 0.286. The van der Waals surface area contributed by atoms with Crippen LogP contribution in [0.5, 0.6) is 5.75 Å². The molecule has 2 aliphatic rings. The molecule has 188 valence electrons. The predicted molar refractivity (Wildman–Crippen MR) is 143 cm³/mol. The van der Waals surface area contributed by atoms with Gasteiger partial charge in [0.05, 0.1) is 35.4 Å². The van der Waals surface area contributed by atoms with Gasteiger partial charge in [0.2, 0.25) is 0 Å². The third kappa shape index (κ3) is 4.79. The van der Waals surface area contributed by atoms with Crippen LogP contribution in [-0.4, -0.2) is 59.6 Å². The number of anilines is 5. The summed E-state index contributed by atoms with van der Waals surface area (Å²) in [6, 6.07) is 13.9. The van der Waals surface area contributed by atoms with E-state index < -0.39 is 5.91 Å². The fourth-order valence-corrected chi connectivity index (χ4v) is 4.92. The Labute approximate surface area is 211 Å². The van der Waals surface area contributed by atoms with Crippen LogP contribution < -0.4 is 26.0 Å². The van der Waals surface area contributed by atoms with Gasteiger partial charge in [0.15, 0.2) is 0 Å². The molecule has 0 atom stereocenters. The molecule has 2 saturated heterocycles. The third-order valence-corrected chi connectivity index (χ3v) is 6.85. The summed E-state index contributed by atoms with van der Waals surface area (Å²) in [5.74, 6) is 1.33. The molecule has 0 aliphatic carbocycles. The van der Waals surface area contributed by atoms with Gasteiger partial charge in [0.1, 0.15) is 17.4 Å². The van der Waals surface area contributed by atoms with Crippen LogP contribution in [0.15, 0.2) is 54.9 Å². The normalized spacial score (nSPS) is 16.4. The van der Waals surface area contributed by atoms with Gasteiger partial charge in [-0.25, -0.2) is 9.97 Å². The highest BCUT2D eigenvalue weighted by atomic mass is 16.5. The van der Waals surface area contributed by atoms with Crippen molar-refractivity contribution in [2.45, 2.75) is 26.8 Å². The molecule has 2 fully saturated rings. The van der Waals surface area contributed by atoms with Crippen molar-refractivity contribution < 1.29 is 9.53 Å². The smallest absolute Gasteiger partial charge is 0.252 e. The number of para-hydroxylation sites is 2. The Hall–Kier alpha value is -3.85. The first-order chi connectivity index (χ1) is 17.4. The number of ether oxygens (including phenoxy) is 1. The van der Waals surface area contributed by atoms with Gasteiger partial charge in [-0.1, -0.05) is 12.1 Å². The molecule has 2 aliphatic heterocycles. The van der Waals surface area contributed by atoms with Gasteiger partial charge in [-0.2, -0.15) is 0 Å². The topological polar surface area (TPSA) is 109 Å². The Bertz CT molecular complexity index is 1230. The molecule has 2 aromatic heterocycles. The highest BCUT2D eigenvalue weighted by Crippen LogP contribution is 2.42. The van der Waals surface area contributed by atoms with Crippen molar-refractivity contribution in [3.8, 4) is 5.75 Å². The van der Waals surface area contributed by atoms with Crippen molar-refractivity contribution in [1.82, 2.24) is 14.9 Å². The Kier molecular flexibility index (Phi) is 6.40. The maximum atomic E-state index is 12.0. The Balaban J connectivity index is 1.26. The number of nitrogens with one attached hydrogen (secondary N) is 2. The van der Waals surface area contributed by atoms with Gasteiger partial charge in [-0.05, 0) is 45.0 Å². The third-order valence-electron chi connectivity index (χ3n) is 6.85. The van der Waals surface area contributed by atoms with Gasteiger partial charge < -0.3 is 26.0 Å². The number of likely N-dealkylation sites (tertiary alicyclic amines) is 1. The fraction of sp³-hybridized carbons (Fsp3) is 0.370. The molecule has 0 bridgehead atoms. The number of carbonyl (C=O) groups excluding carboxylic acids is 1. The van der Waals surface area contributed by atoms with Crippen molar-refractivity contribution in [1.29, 1.82) is 0 Å². The number of nitrogens with zero attached hydrogens (tertiary/aromatic N) is 4. The highest BCUT2D eigenvalue weighted by molar-refractivity contribution is 5.99. The zero-order chi connectivity index (χ0) is 25.3. The first-order valence-electron chi connectivity index (χ1n) is 12.4. The zero-order valence-corrected chi connectivity index (χ0v) is 21.0. The molecule has 3 aromatic rings. The second-order valence-corrected chi connectivity index (χ2v) is 9.91. The van der Waals surface area contributed by atoms with E-state index in [-0.39, 0.29) is 5.56 Å². The van der Waals surface area contributed by atoms with Gasteiger partial charge in [-0.3, -0.25) is 9.69 Å². The second-order valence-electron chi connectivity index (χ2n) is 9.91. The summed E-state index contributed by atoms with van der Waals surface area (Å²) in [4.78, 5) is 25.9. The lowest BCUT2D eigenvalue weighted by molar-refractivity contribution is -0.0411. The van der Waals surface area contributed by atoms with Crippen molar-refractivity contribution in [2.24, 2.45) is 11.1 Å². The number of primary amides is 1. The molecule has 4 N–H and O–H groups in total. The second kappa shape index (κ2) is 9.66. The van der Waals surface area contributed by atoms with E-state index in [1.54, 1.807) is 6.07 Å². The van der Waals surface area contributed by atoms with E-state index in [0.717, 1.165) is 24.5 Å². The predicted octanol–water partition coefficient (Wildman–Crippen LogP) is 3.99. The van der Waals surface area contributed by atoms with Crippen LogP contribution in [0, 0.1) is 5.41 Å². The molecule has 1 amide bonds. The summed E-state index contributed by atoms with van der Waals surface area (Å²) >= 11 is 0. The molecule has 1 aromatic carbocycles. The molecule has 4 heterocycles. The number of carbonyl (C=O) groups is 1. The number of aromatic nitrogens is 2. The average molecular weight is 488 g/mol. The fourth-order valence-electron chi connectivity index (χ4n) is 4.92. The van der Waals surface area contributed by atoms with Crippen LogP contribution in [-0.2, 0) is 0 Å². The molecule has 9 heteroatoms. The number of nitrogens with two attached hydrogens (primary N) is 1. The minimum atomic E-state index is -0.566. The molecule has 0 unspecified atom stereocenters. The van der Waals surface area contributed by atoms with Crippen molar-refractivity contribution >= 4 is 34.6 Å². The SMILES string of the molecule is CCOc1ccccc1Nc1cc(Nc2ccc(N3CC4(C3)CN(C(C)C)C4)cn2)ncc1C(N)=O. The largest absolute Gasteiger partial charge is 0.492 e. The number of rotatable bonds is 9. The van der Waals surface area contributed by atoms with Crippen LogP contribution in [0.25, 0.3) is 0 Å². The van der Waals surface area contributed by atoms with E-state index in [1.165, 1.54) is 19.3 Å². The van der Waals surface area contributed by atoms with Crippen molar-refractivity contribution in [3.05, 3.63) is 60.4 Å². The quantitative estimate of drug-likeness (QED) is 0.416. The van der Waals surface area contributed by atoms with Gasteiger partial charge >= 0.3 is 0 Å². The average Bonchev–Trinajstić information content (AvgIpc) is 2.79. The Morgan fingerprint density at radius 3 is 2.44 bits per heavy atom. The van der Waals surface area contributed by atoms with Gasteiger partial charge in [0.25, 0.3) is 5.91 Å². The monoisotopic (exact) mass is 487 g/mol. The summed E-state index contributed by atoms with van der Waals surface area (Å²) in [6.07, 6.45) is 3.35. The van der Waals surface area contributed by atoms with Crippen LogP contribution in [0.1, 0.15) is 31.1 Å².